The molecule has 332 valence electrons. The van der Waals surface area contributed by atoms with Crippen LogP contribution in [0.15, 0.2) is 47.6 Å². The topological polar surface area (TPSA) is 168 Å². The van der Waals surface area contributed by atoms with Crippen molar-refractivity contribution in [2.24, 2.45) is 17.8 Å². The molecule has 0 radical (unpaired) electrons. The summed E-state index contributed by atoms with van der Waals surface area (Å²) in [5, 5.41) is 28.6. The quantitative estimate of drug-likeness (QED) is 0.0428. The third kappa shape index (κ3) is 24.7. The van der Waals surface area contributed by atoms with E-state index in [1.807, 2.05) is 32.2 Å². The van der Waals surface area contributed by atoms with Crippen molar-refractivity contribution in [3.63, 3.8) is 0 Å². The van der Waals surface area contributed by atoms with E-state index in [-0.39, 0.29) is 54.2 Å². The van der Waals surface area contributed by atoms with Crippen LogP contribution in [0, 0.1) is 17.8 Å². The van der Waals surface area contributed by atoms with Gasteiger partial charge in [0.25, 0.3) is 5.78 Å². The van der Waals surface area contributed by atoms with Gasteiger partial charge >= 0.3 is 5.97 Å². The highest BCUT2D eigenvalue weighted by atomic mass is 16.6. The summed E-state index contributed by atoms with van der Waals surface area (Å²) in [7, 11) is 2.00. The van der Waals surface area contributed by atoms with Crippen LogP contribution >= 0.6 is 0 Å². The van der Waals surface area contributed by atoms with E-state index in [1.54, 1.807) is 19.9 Å². The third-order valence-electron chi connectivity index (χ3n) is 10.7. The van der Waals surface area contributed by atoms with Gasteiger partial charge in [-0.1, -0.05) is 102 Å². The lowest BCUT2D eigenvalue weighted by atomic mass is 9.90. The van der Waals surface area contributed by atoms with Crippen LogP contribution < -0.4 is 0 Å². The number of allylic oxidation sites excluding steroid dienone is 7. The Morgan fingerprint density at radius 1 is 0.931 bits per heavy atom. The number of esters is 1. The molecular formula is C47H79NO10. The molecule has 11 heteroatoms. The van der Waals surface area contributed by atoms with Crippen LogP contribution in [0.1, 0.15) is 152 Å². The molecule has 2 aliphatic heterocycles. The van der Waals surface area contributed by atoms with Crippen molar-refractivity contribution in [1.29, 1.82) is 0 Å². The van der Waals surface area contributed by atoms with Gasteiger partial charge < -0.3 is 24.8 Å². The van der Waals surface area contributed by atoms with E-state index in [0.29, 0.717) is 37.5 Å². The van der Waals surface area contributed by atoms with Gasteiger partial charge in [0, 0.05) is 24.7 Å². The number of hydrogen-bond donors (Lipinski definition) is 3. The van der Waals surface area contributed by atoms with Crippen molar-refractivity contribution in [3.8, 4) is 0 Å². The number of hydrogen-bond acceptors (Lipinski definition) is 11. The van der Waals surface area contributed by atoms with Crippen molar-refractivity contribution >= 4 is 29.6 Å². The van der Waals surface area contributed by atoms with Crippen LogP contribution in [0.5, 0.6) is 0 Å². The van der Waals surface area contributed by atoms with Gasteiger partial charge in [-0.05, 0) is 104 Å². The number of rotatable bonds is 17. The van der Waals surface area contributed by atoms with E-state index in [9.17, 15) is 34.2 Å². The SMILES string of the molecule is CC(C)COC(=O)C1CCCCN1C.CC/C(C)=C/C=C/C=C/CCC(C)C(=O)CC(O)/C(C)=C/CC(C)=O.CC1CCCOC1(O)C(=O)C=O.OC1CCCCC1. The zero-order chi connectivity index (χ0) is 44.1. The number of aldehydes is 1. The number of ether oxygens (including phenoxy) is 2. The van der Waals surface area contributed by atoms with Crippen LogP contribution in [0.3, 0.4) is 0 Å². The average Bonchev–Trinajstić information content (AvgIpc) is 3.20. The fourth-order valence-electron chi connectivity index (χ4n) is 6.23. The molecule has 3 rings (SSSR count). The zero-order valence-electron chi connectivity index (χ0n) is 37.4. The van der Waals surface area contributed by atoms with E-state index >= 15 is 0 Å². The van der Waals surface area contributed by atoms with Gasteiger partial charge in [0.1, 0.15) is 17.6 Å². The first-order valence-electron chi connectivity index (χ1n) is 21.7. The Balaban J connectivity index is 0.000000823. The highest BCUT2D eigenvalue weighted by Crippen LogP contribution is 2.28. The number of carbonyl (C=O) groups is 5. The molecule has 11 nitrogen and oxygen atoms in total. The fourth-order valence-corrected chi connectivity index (χ4v) is 6.23. The number of piperidine rings is 1. The number of likely N-dealkylation sites (tertiary alicyclic amines) is 1. The molecule has 1 aliphatic carbocycles. The van der Waals surface area contributed by atoms with E-state index in [0.717, 1.165) is 57.9 Å². The van der Waals surface area contributed by atoms with Gasteiger partial charge in [0.2, 0.25) is 5.79 Å². The second kappa shape index (κ2) is 31.8. The monoisotopic (exact) mass is 818 g/mol. The Labute approximate surface area is 350 Å². The molecule has 5 atom stereocenters. The Morgan fingerprint density at radius 3 is 2.12 bits per heavy atom. The Morgan fingerprint density at radius 2 is 1.59 bits per heavy atom. The third-order valence-corrected chi connectivity index (χ3v) is 10.7. The molecule has 58 heavy (non-hydrogen) atoms. The summed E-state index contributed by atoms with van der Waals surface area (Å²) in [6.45, 7) is 17.1. The van der Waals surface area contributed by atoms with Crippen LogP contribution in [-0.2, 0) is 33.4 Å². The van der Waals surface area contributed by atoms with Crippen LogP contribution in [0.25, 0.3) is 0 Å². The first-order chi connectivity index (χ1) is 27.4. The van der Waals surface area contributed by atoms with Crippen molar-refractivity contribution in [2.45, 2.75) is 176 Å². The van der Waals surface area contributed by atoms with E-state index in [1.165, 1.54) is 38.2 Å². The zero-order valence-corrected chi connectivity index (χ0v) is 37.4. The normalized spacial score (nSPS) is 23.1. The molecule has 0 bridgehead atoms. The molecule has 0 aromatic rings. The minimum atomic E-state index is -1.86. The molecule has 3 fully saturated rings. The molecule has 0 amide bonds. The maximum atomic E-state index is 12.2. The van der Waals surface area contributed by atoms with Crippen molar-refractivity contribution in [3.05, 3.63) is 47.6 Å². The molecule has 0 spiro atoms. The van der Waals surface area contributed by atoms with Crippen LogP contribution in [-0.4, -0.2) is 101 Å². The summed E-state index contributed by atoms with van der Waals surface area (Å²) in [5.74, 6) is -2.63. The van der Waals surface area contributed by atoms with Crippen LogP contribution in [0.2, 0.25) is 0 Å². The number of Topliss-reactive ketones (excluding diaryl/α,β-unsaturated/α-hetero) is 3. The van der Waals surface area contributed by atoms with Crippen molar-refractivity contribution in [1.82, 2.24) is 4.90 Å². The highest BCUT2D eigenvalue weighted by Gasteiger charge is 2.44. The molecule has 3 N–H and O–H groups in total. The van der Waals surface area contributed by atoms with E-state index in [4.69, 9.17) is 14.6 Å². The van der Waals surface area contributed by atoms with Gasteiger partial charge in [-0.15, -0.1) is 0 Å². The van der Waals surface area contributed by atoms with Gasteiger partial charge in [0.05, 0.1) is 25.4 Å². The largest absolute Gasteiger partial charge is 0.464 e. The summed E-state index contributed by atoms with van der Waals surface area (Å²) in [4.78, 5) is 58.0. The molecule has 0 aromatic carbocycles. The van der Waals surface area contributed by atoms with Crippen molar-refractivity contribution in [2.75, 3.05) is 26.8 Å². The minimum Gasteiger partial charge on any atom is -0.464 e. The number of nitrogens with zero attached hydrogens (tertiary/aromatic N) is 1. The molecule has 5 unspecified atom stereocenters. The lowest BCUT2D eigenvalue weighted by Crippen LogP contribution is -2.50. The lowest BCUT2D eigenvalue weighted by Gasteiger charge is -2.34. The van der Waals surface area contributed by atoms with Crippen LogP contribution in [0.4, 0.5) is 0 Å². The maximum Gasteiger partial charge on any atom is 0.323 e. The Bertz CT molecular complexity index is 1330. The number of aliphatic hydroxyl groups is 3. The molecule has 1 saturated carbocycles. The fraction of sp³-hybridized carbons (Fsp3) is 0.723. The summed E-state index contributed by atoms with van der Waals surface area (Å²) in [5.41, 5.74) is 2.03. The average molecular weight is 818 g/mol. The molecule has 3 aliphatic rings. The summed E-state index contributed by atoms with van der Waals surface area (Å²) < 4.78 is 10.1. The molecule has 2 heterocycles. The van der Waals surface area contributed by atoms with Gasteiger partial charge in [0.15, 0.2) is 6.29 Å². The second-order valence-electron chi connectivity index (χ2n) is 16.6. The number of carbonyl (C=O) groups excluding carboxylic acids is 5. The molecule has 0 aromatic heterocycles. The van der Waals surface area contributed by atoms with Gasteiger partial charge in [-0.2, -0.15) is 0 Å². The predicted octanol–water partition coefficient (Wildman–Crippen LogP) is 7.99. The predicted molar refractivity (Wildman–Crippen MR) is 231 cm³/mol. The maximum absolute atomic E-state index is 12.2. The summed E-state index contributed by atoms with van der Waals surface area (Å²) in [6.07, 6.45) is 25.0. The highest BCUT2D eigenvalue weighted by molar-refractivity contribution is 6.28. The lowest BCUT2D eigenvalue weighted by molar-refractivity contribution is -0.238. The summed E-state index contributed by atoms with van der Waals surface area (Å²) >= 11 is 0. The minimum absolute atomic E-state index is 0.00231. The number of aliphatic hydroxyl groups excluding tert-OH is 2. The molecular weight excluding hydrogens is 739 g/mol. The molecule has 2 saturated heterocycles. The Hall–Kier alpha value is -3.09. The van der Waals surface area contributed by atoms with Gasteiger partial charge in [-0.25, -0.2) is 0 Å². The number of likely N-dealkylation sites (N-methyl/N-ethyl adjacent to an activating group) is 1. The second-order valence-corrected chi connectivity index (χ2v) is 16.6. The standard InChI is InChI=1S/C22H34O3.C11H21NO2.C8H12O4.C6H12O/c1-6-17(2)12-10-8-7-9-11-13-18(3)21(24)16-22(25)19(4)14-15-20(5)23;1-9(2)8-14-11(13)10-6-4-5-7-12(10)3;1-6-3-2-4-12-8(6,11)7(10)5-9;7-6-4-2-1-3-5-6/h7-10,12,14,18,22,25H,6,11,13,15-16H2,1-5H3;9-10H,4-8H2,1-3H3;5-6,11H,2-4H2,1H3;6-7H,1-5H2/b9-7+,10-8+,17-12+,19-14+;;;. The van der Waals surface area contributed by atoms with E-state index < -0.39 is 17.7 Å². The smallest absolute Gasteiger partial charge is 0.323 e. The summed E-state index contributed by atoms with van der Waals surface area (Å²) in [6, 6.07) is 0.00231. The van der Waals surface area contributed by atoms with E-state index in [2.05, 4.69) is 44.7 Å². The van der Waals surface area contributed by atoms with Gasteiger partial charge in [-0.3, -0.25) is 28.9 Å². The Kier molecular flexibility index (Phi) is 30.1. The first-order valence-corrected chi connectivity index (χ1v) is 21.7. The number of ketones is 3. The first kappa shape index (κ1) is 54.9. The van der Waals surface area contributed by atoms with Crippen molar-refractivity contribution < 1.29 is 48.8 Å².